The Labute approximate surface area is 87.8 Å². The molecule has 0 radical (unpaired) electrons. The van der Waals surface area contributed by atoms with Crippen LogP contribution in [0.25, 0.3) is 0 Å². The molecule has 0 aromatic heterocycles. The molecule has 1 rings (SSSR count). The standard InChI is InChI=1S/C11H12O4/c1-9(12)14-7-10(13)8-15-11-5-3-2-4-6-11/h2-6H,7-8H2,1H3. The van der Waals surface area contributed by atoms with Gasteiger partial charge < -0.3 is 9.47 Å². The van der Waals surface area contributed by atoms with Gasteiger partial charge in [-0.05, 0) is 12.1 Å². The fourth-order valence-corrected chi connectivity index (χ4v) is 0.904. The van der Waals surface area contributed by atoms with Crippen molar-refractivity contribution in [1.29, 1.82) is 0 Å². The number of hydrogen-bond acceptors (Lipinski definition) is 4. The highest BCUT2D eigenvalue weighted by atomic mass is 16.5. The average Bonchev–Trinajstić information content (AvgIpc) is 2.25. The van der Waals surface area contributed by atoms with Crippen molar-refractivity contribution in [3.05, 3.63) is 30.3 Å². The van der Waals surface area contributed by atoms with Crippen molar-refractivity contribution in [1.82, 2.24) is 0 Å². The lowest BCUT2D eigenvalue weighted by molar-refractivity contribution is -0.146. The number of rotatable bonds is 5. The third kappa shape index (κ3) is 4.81. The van der Waals surface area contributed by atoms with Gasteiger partial charge in [0.1, 0.15) is 12.4 Å². The fraction of sp³-hybridized carbons (Fsp3) is 0.273. The summed E-state index contributed by atoms with van der Waals surface area (Å²) in [5.74, 6) is -0.120. The van der Waals surface area contributed by atoms with Crippen LogP contribution in [0.2, 0.25) is 0 Å². The van der Waals surface area contributed by atoms with E-state index in [1.807, 2.05) is 18.2 Å². The molecule has 4 heteroatoms. The summed E-state index contributed by atoms with van der Waals surface area (Å²) in [6.07, 6.45) is 0. The SMILES string of the molecule is CC(=O)OCC(=O)COc1ccccc1. The molecule has 0 fully saturated rings. The molecule has 0 bridgehead atoms. The van der Waals surface area contributed by atoms with Crippen LogP contribution in [-0.2, 0) is 14.3 Å². The topological polar surface area (TPSA) is 52.6 Å². The fourth-order valence-electron chi connectivity index (χ4n) is 0.904. The second-order valence-electron chi connectivity index (χ2n) is 2.92. The van der Waals surface area contributed by atoms with Crippen molar-refractivity contribution in [3.8, 4) is 5.75 Å². The minimum Gasteiger partial charge on any atom is -0.486 e. The van der Waals surface area contributed by atoms with Crippen molar-refractivity contribution in [2.75, 3.05) is 13.2 Å². The summed E-state index contributed by atoms with van der Waals surface area (Å²) in [7, 11) is 0. The Kier molecular flexibility index (Phi) is 4.34. The Bertz CT molecular complexity index is 332. The van der Waals surface area contributed by atoms with E-state index in [-0.39, 0.29) is 19.0 Å². The average molecular weight is 208 g/mol. The van der Waals surface area contributed by atoms with E-state index in [9.17, 15) is 9.59 Å². The van der Waals surface area contributed by atoms with Gasteiger partial charge in [0, 0.05) is 6.92 Å². The molecule has 0 atom stereocenters. The Morgan fingerprint density at radius 2 is 1.80 bits per heavy atom. The number of para-hydroxylation sites is 1. The van der Waals surface area contributed by atoms with Crippen molar-refractivity contribution < 1.29 is 19.1 Å². The minimum absolute atomic E-state index is 0.0860. The lowest BCUT2D eigenvalue weighted by Gasteiger charge is -2.04. The number of Topliss-reactive ketones (excluding diaryl/α,β-unsaturated/α-hetero) is 1. The largest absolute Gasteiger partial charge is 0.486 e. The van der Waals surface area contributed by atoms with Gasteiger partial charge in [0.2, 0.25) is 5.78 Å². The van der Waals surface area contributed by atoms with Crippen LogP contribution >= 0.6 is 0 Å². The number of ketones is 1. The first-order chi connectivity index (χ1) is 7.18. The third-order valence-electron chi connectivity index (χ3n) is 1.58. The second-order valence-corrected chi connectivity index (χ2v) is 2.92. The first-order valence-electron chi connectivity index (χ1n) is 4.51. The van der Waals surface area contributed by atoms with Crippen LogP contribution in [0, 0.1) is 0 Å². The molecule has 0 saturated carbocycles. The number of carbonyl (C=O) groups is 2. The maximum absolute atomic E-state index is 11.1. The molecule has 0 aliphatic heterocycles. The molecular weight excluding hydrogens is 196 g/mol. The molecule has 1 aromatic carbocycles. The first kappa shape index (κ1) is 11.2. The zero-order valence-electron chi connectivity index (χ0n) is 8.43. The van der Waals surface area contributed by atoms with Crippen LogP contribution in [0.5, 0.6) is 5.75 Å². The predicted octanol–water partition coefficient (Wildman–Crippen LogP) is 1.20. The summed E-state index contributed by atoms with van der Waals surface area (Å²) in [4.78, 5) is 21.5. The monoisotopic (exact) mass is 208 g/mol. The van der Waals surface area contributed by atoms with E-state index in [4.69, 9.17) is 4.74 Å². The van der Waals surface area contributed by atoms with Crippen molar-refractivity contribution in [3.63, 3.8) is 0 Å². The lowest BCUT2D eigenvalue weighted by Crippen LogP contribution is -2.18. The lowest BCUT2D eigenvalue weighted by atomic mass is 10.3. The zero-order valence-corrected chi connectivity index (χ0v) is 8.43. The van der Waals surface area contributed by atoms with Crippen LogP contribution < -0.4 is 4.74 Å². The van der Waals surface area contributed by atoms with Crippen molar-refractivity contribution in [2.45, 2.75) is 6.92 Å². The quantitative estimate of drug-likeness (QED) is 0.682. The highest BCUT2D eigenvalue weighted by Gasteiger charge is 2.04. The van der Waals surface area contributed by atoms with E-state index in [1.165, 1.54) is 6.92 Å². The molecule has 0 amide bonds. The van der Waals surface area contributed by atoms with Gasteiger partial charge in [-0.25, -0.2) is 0 Å². The molecule has 0 heterocycles. The van der Waals surface area contributed by atoms with Crippen molar-refractivity contribution >= 4 is 11.8 Å². The van der Waals surface area contributed by atoms with E-state index in [0.717, 1.165) is 0 Å². The van der Waals surface area contributed by atoms with Gasteiger partial charge in [0.25, 0.3) is 0 Å². The Morgan fingerprint density at radius 3 is 2.40 bits per heavy atom. The van der Waals surface area contributed by atoms with E-state index in [0.29, 0.717) is 5.75 Å². The van der Waals surface area contributed by atoms with Gasteiger partial charge in [-0.2, -0.15) is 0 Å². The number of carbonyl (C=O) groups excluding carboxylic acids is 2. The van der Waals surface area contributed by atoms with Crippen LogP contribution in [0.4, 0.5) is 0 Å². The van der Waals surface area contributed by atoms with Gasteiger partial charge >= 0.3 is 5.97 Å². The smallest absolute Gasteiger partial charge is 0.303 e. The van der Waals surface area contributed by atoms with E-state index in [2.05, 4.69) is 4.74 Å². The highest BCUT2D eigenvalue weighted by molar-refractivity contribution is 5.83. The molecule has 0 saturated heterocycles. The number of esters is 1. The van der Waals surface area contributed by atoms with E-state index < -0.39 is 5.97 Å². The number of hydrogen-bond donors (Lipinski definition) is 0. The van der Waals surface area contributed by atoms with Crippen molar-refractivity contribution in [2.24, 2.45) is 0 Å². The summed E-state index contributed by atoms with van der Waals surface area (Å²) in [5.41, 5.74) is 0. The Hall–Kier alpha value is -1.84. The summed E-state index contributed by atoms with van der Waals surface area (Å²) >= 11 is 0. The Balaban J connectivity index is 2.26. The molecule has 1 aromatic rings. The van der Waals surface area contributed by atoms with E-state index >= 15 is 0 Å². The summed E-state index contributed by atoms with van der Waals surface area (Å²) in [6, 6.07) is 8.98. The van der Waals surface area contributed by atoms with Gasteiger partial charge in [-0.15, -0.1) is 0 Å². The molecule has 0 N–H and O–H groups in total. The molecule has 0 aliphatic carbocycles. The van der Waals surface area contributed by atoms with Crippen LogP contribution in [-0.4, -0.2) is 25.0 Å². The summed E-state index contributed by atoms with van der Waals surface area (Å²) in [5, 5.41) is 0. The molecule has 15 heavy (non-hydrogen) atoms. The molecular formula is C11H12O4. The molecule has 0 spiro atoms. The van der Waals surface area contributed by atoms with Gasteiger partial charge in [-0.3, -0.25) is 9.59 Å². The summed E-state index contributed by atoms with van der Waals surface area (Å²) < 4.78 is 9.68. The van der Waals surface area contributed by atoms with Gasteiger partial charge in [0.15, 0.2) is 6.61 Å². The second kappa shape index (κ2) is 5.80. The first-order valence-corrected chi connectivity index (χ1v) is 4.51. The van der Waals surface area contributed by atoms with Gasteiger partial charge in [-0.1, -0.05) is 18.2 Å². The molecule has 0 aliphatic rings. The normalized spacial score (nSPS) is 9.40. The maximum atomic E-state index is 11.1. The van der Waals surface area contributed by atoms with Crippen LogP contribution in [0.1, 0.15) is 6.92 Å². The third-order valence-corrected chi connectivity index (χ3v) is 1.58. The van der Waals surface area contributed by atoms with E-state index in [1.54, 1.807) is 12.1 Å². The molecule has 80 valence electrons. The zero-order chi connectivity index (χ0) is 11.1. The minimum atomic E-state index is -0.469. The molecule has 4 nitrogen and oxygen atoms in total. The van der Waals surface area contributed by atoms with Crippen LogP contribution in [0.15, 0.2) is 30.3 Å². The Morgan fingerprint density at radius 1 is 1.13 bits per heavy atom. The molecule has 0 unspecified atom stereocenters. The number of ether oxygens (including phenoxy) is 2. The van der Waals surface area contributed by atoms with Crippen LogP contribution in [0.3, 0.4) is 0 Å². The maximum Gasteiger partial charge on any atom is 0.303 e. The predicted molar refractivity (Wildman–Crippen MR) is 53.6 cm³/mol. The highest BCUT2D eigenvalue weighted by Crippen LogP contribution is 2.07. The van der Waals surface area contributed by atoms with Gasteiger partial charge in [0.05, 0.1) is 0 Å². The summed E-state index contributed by atoms with van der Waals surface area (Å²) in [6.45, 7) is 0.935. The number of benzene rings is 1.